The highest BCUT2D eigenvalue weighted by molar-refractivity contribution is 7.93. The summed E-state index contributed by atoms with van der Waals surface area (Å²) in [6.07, 6.45) is 1.39. The Bertz CT molecular complexity index is 1460. The third kappa shape index (κ3) is 4.38. The van der Waals surface area contributed by atoms with Crippen molar-refractivity contribution < 1.29 is 22.7 Å². The molecule has 3 N–H and O–H groups in total. The maximum Gasteiger partial charge on any atom is 0.277 e. The first-order valence-corrected chi connectivity index (χ1v) is 12.8. The van der Waals surface area contributed by atoms with Crippen LogP contribution in [0.4, 0.5) is 0 Å². The van der Waals surface area contributed by atoms with E-state index in [-0.39, 0.29) is 41.7 Å². The van der Waals surface area contributed by atoms with Gasteiger partial charge in [0.25, 0.3) is 5.56 Å². The molecular weight excluding hydrogens is 476 g/mol. The molecule has 13 heteroatoms. The largest absolute Gasteiger partial charge is 0.493 e. The van der Waals surface area contributed by atoms with Crippen molar-refractivity contribution in [3.05, 3.63) is 34.2 Å². The summed E-state index contributed by atoms with van der Waals surface area (Å²) in [6.45, 7) is 4.26. The Labute approximate surface area is 201 Å². The summed E-state index contributed by atoms with van der Waals surface area (Å²) in [5.41, 5.74) is 1.11. The minimum absolute atomic E-state index is 0.0862. The molecule has 1 aliphatic rings. The van der Waals surface area contributed by atoms with E-state index in [1.165, 1.54) is 22.9 Å². The SMILES string of the molecule is CCCc1nn(C)c2c(=O)[nH]c(-c3cc(S(=O)(=O)C4C(=O)NCCNC4=O)ccc3OCC)nc12. The molecule has 3 heterocycles. The summed E-state index contributed by atoms with van der Waals surface area (Å²) < 4.78 is 33.9. The summed E-state index contributed by atoms with van der Waals surface area (Å²) in [5, 5.41) is 7.31. The molecule has 3 aromatic rings. The van der Waals surface area contributed by atoms with Crippen LogP contribution in [-0.4, -0.2) is 64.9 Å². The molecule has 0 saturated carbocycles. The molecule has 4 rings (SSSR count). The fourth-order valence-corrected chi connectivity index (χ4v) is 5.57. The number of nitrogens with zero attached hydrogens (tertiary/aromatic N) is 3. The first-order valence-electron chi connectivity index (χ1n) is 11.2. The van der Waals surface area contributed by atoms with Gasteiger partial charge in [-0.25, -0.2) is 13.4 Å². The highest BCUT2D eigenvalue weighted by atomic mass is 32.2. The van der Waals surface area contributed by atoms with Crippen molar-refractivity contribution in [2.24, 2.45) is 7.05 Å². The van der Waals surface area contributed by atoms with Gasteiger partial charge in [-0.2, -0.15) is 5.10 Å². The number of aromatic amines is 1. The van der Waals surface area contributed by atoms with E-state index in [1.54, 1.807) is 14.0 Å². The van der Waals surface area contributed by atoms with Crippen molar-refractivity contribution in [2.45, 2.75) is 36.8 Å². The number of aromatic nitrogens is 4. The molecule has 2 amide bonds. The standard InChI is InChI=1S/C22H26N6O6S/c1-4-6-14-16-17(28(3)27-14)20(29)26-19(25-16)13-11-12(7-8-15(13)34-5-2)35(32,33)18-21(30)23-9-10-24-22(18)31/h7-8,11,18H,4-6,9-10H2,1-3H3,(H,23,30)(H,24,31)(H,25,26,29). The minimum Gasteiger partial charge on any atom is -0.493 e. The molecule has 12 nitrogen and oxygen atoms in total. The molecule has 1 saturated heterocycles. The Morgan fingerprint density at radius 2 is 1.80 bits per heavy atom. The highest BCUT2D eigenvalue weighted by Gasteiger charge is 2.41. The van der Waals surface area contributed by atoms with E-state index < -0.39 is 32.5 Å². The van der Waals surface area contributed by atoms with Crippen LogP contribution >= 0.6 is 0 Å². The number of aryl methyl sites for hydroxylation is 2. The molecule has 0 bridgehead atoms. The normalized spacial score (nSPS) is 15.1. The van der Waals surface area contributed by atoms with Gasteiger partial charge in [0.15, 0.2) is 15.4 Å². The zero-order valence-electron chi connectivity index (χ0n) is 19.5. The maximum atomic E-state index is 13.4. The summed E-state index contributed by atoms with van der Waals surface area (Å²) in [6, 6.07) is 3.93. The molecule has 186 valence electrons. The fourth-order valence-electron chi connectivity index (χ4n) is 4.03. The van der Waals surface area contributed by atoms with Crippen LogP contribution in [0, 0.1) is 0 Å². The number of rotatable bonds is 7. The van der Waals surface area contributed by atoms with Crippen molar-refractivity contribution in [1.82, 2.24) is 30.4 Å². The number of hydrogen-bond acceptors (Lipinski definition) is 8. The average molecular weight is 503 g/mol. The number of fused-ring (bicyclic) bond motifs is 1. The van der Waals surface area contributed by atoms with Crippen molar-refractivity contribution in [2.75, 3.05) is 19.7 Å². The summed E-state index contributed by atoms with van der Waals surface area (Å²) in [4.78, 5) is 44.7. The van der Waals surface area contributed by atoms with E-state index in [9.17, 15) is 22.8 Å². The second kappa shape index (κ2) is 9.49. The van der Waals surface area contributed by atoms with Gasteiger partial charge in [0.05, 0.1) is 22.8 Å². The second-order valence-electron chi connectivity index (χ2n) is 8.03. The lowest BCUT2D eigenvalue weighted by Gasteiger charge is -2.16. The lowest BCUT2D eigenvalue weighted by Crippen LogP contribution is -2.45. The van der Waals surface area contributed by atoms with Gasteiger partial charge in [0, 0.05) is 20.1 Å². The molecule has 1 fully saturated rings. The van der Waals surface area contributed by atoms with E-state index in [2.05, 4.69) is 25.7 Å². The Morgan fingerprint density at radius 1 is 1.11 bits per heavy atom. The Balaban J connectivity index is 1.91. The topological polar surface area (TPSA) is 165 Å². The first kappa shape index (κ1) is 24.4. The van der Waals surface area contributed by atoms with Gasteiger partial charge in [0.1, 0.15) is 17.1 Å². The molecule has 0 spiro atoms. The average Bonchev–Trinajstić information content (AvgIpc) is 3.01. The molecule has 1 aromatic carbocycles. The number of hydrogen-bond donors (Lipinski definition) is 3. The quantitative estimate of drug-likeness (QED) is 0.382. The van der Waals surface area contributed by atoms with E-state index in [1.807, 2.05) is 6.92 Å². The van der Waals surface area contributed by atoms with Gasteiger partial charge >= 0.3 is 0 Å². The molecule has 0 aliphatic carbocycles. The van der Waals surface area contributed by atoms with Crippen molar-refractivity contribution in [3.63, 3.8) is 0 Å². The Hall–Kier alpha value is -3.74. The number of amides is 2. The number of carbonyl (C=O) groups is 2. The van der Waals surface area contributed by atoms with Crippen molar-refractivity contribution in [1.29, 1.82) is 0 Å². The molecule has 2 aromatic heterocycles. The van der Waals surface area contributed by atoms with Crippen LogP contribution in [0.5, 0.6) is 5.75 Å². The summed E-state index contributed by atoms with van der Waals surface area (Å²) in [7, 11) is -2.77. The van der Waals surface area contributed by atoms with Crippen LogP contribution in [0.2, 0.25) is 0 Å². The van der Waals surface area contributed by atoms with E-state index >= 15 is 0 Å². The van der Waals surface area contributed by atoms with Crippen LogP contribution in [0.1, 0.15) is 26.0 Å². The van der Waals surface area contributed by atoms with Crippen LogP contribution in [0.25, 0.3) is 22.4 Å². The number of H-pyrrole nitrogens is 1. The third-order valence-electron chi connectivity index (χ3n) is 5.59. The monoisotopic (exact) mass is 502 g/mol. The molecule has 35 heavy (non-hydrogen) atoms. The van der Waals surface area contributed by atoms with Gasteiger partial charge in [-0.15, -0.1) is 0 Å². The van der Waals surface area contributed by atoms with Crippen molar-refractivity contribution >= 4 is 32.7 Å². The predicted octanol–water partition coefficient (Wildman–Crippen LogP) is 0.0631. The first-order chi connectivity index (χ1) is 16.7. The Kier molecular flexibility index (Phi) is 6.61. The molecule has 0 atom stereocenters. The molecule has 0 radical (unpaired) electrons. The van der Waals surface area contributed by atoms with E-state index in [4.69, 9.17) is 4.74 Å². The number of carbonyl (C=O) groups excluding carboxylic acids is 2. The maximum absolute atomic E-state index is 13.4. The van der Waals surface area contributed by atoms with Crippen LogP contribution < -0.4 is 20.9 Å². The van der Waals surface area contributed by atoms with Crippen molar-refractivity contribution in [3.8, 4) is 17.1 Å². The van der Waals surface area contributed by atoms with Crippen LogP contribution in [-0.2, 0) is 32.9 Å². The van der Waals surface area contributed by atoms with E-state index in [0.29, 0.717) is 23.1 Å². The van der Waals surface area contributed by atoms with Gasteiger partial charge < -0.3 is 20.4 Å². The van der Waals surface area contributed by atoms with Crippen LogP contribution in [0.3, 0.4) is 0 Å². The lowest BCUT2D eigenvalue weighted by atomic mass is 10.1. The number of nitrogens with one attached hydrogen (secondary N) is 3. The zero-order chi connectivity index (χ0) is 25.3. The second-order valence-corrected chi connectivity index (χ2v) is 10.1. The number of benzene rings is 1. The molecular formula is C22H26N6O6S. The smallest absolute Gasteiger partial charge is 0.277 e. The molecule has 1 aliphatic heterocycles. The number of sulfone groups is 1. The van der Waals surface area contributed by atoms with Gasteiger partial charge in [-0.05, 0) is 31.5 Å². The van der Waals surface area contributed by atoms with Gasteiger partial charge in [0.2, 0.25) is 17.1 Å². The predicted molar refractivity (Wildman–Crippen MR) is 127 cm³/mol. The summed E-state index contributed by atoms with van der Waals surface area (Å²) >= 11 is 0. The minimum atomic E-state index is -4.43. The third-order valence-corrected chi connectivity index (χ3v) is 7.55. The fraction of sp³-hybridized carbons (Fsp3) is 0.409. The lowest BCUT2D eigenvalue weighted by molar-refractivity contribution is -0.127. The summed E-state index contributed by atoms with van der Waals surface area (Å²) in [5.74, 6) is -1.43. The van der Waals surface area contributed by atoms with Gasteiger partial charge in [-0.3, -0.25) is 19.1 Å². The number of ether oxygens (including phenoxy) is 1. The highest BCUT2D eigenvalue weighted by Crippen LogP contribution is 2.32. The van der Waals surface area contributed by atoms with E-state index in [0.717, 1.165) is 6.42 Å². The van der Waals surface area contributed by atoms with Gasteiger partial charge in [-0.1, -0.05) is 13.3 Å². The zero-order valence-corrected chi connectivity index (χ0v) is 20.4. The van der Waals surface area contributed by atoms with Crippen LogP contribution in [0.15, 0.2) is 27.9 Å². The Morgan fingerprint density at radius 3 is 2.43 bits per heavy atom. The molecule has 0 unspecified atom stereocenters.